The van der Waals surface area contributed by atoms with E-state index in [4.69, 9.17) is 15.9 Å². The SMILES string of the molecule is N=C(N)c1ccccc1NC(=O)Oc1ccccc1. The first-order valence-corrected chi connectivity index (χ1v) is 5.64. The van der Waals surface area contributed by atoms with Crippen molar-refractivity contribution in [3.05, 3.63) is 60.2 Å². The molecule has 0 heterocycles. The van der Waals surface area contributed by atoms with Gasteiger partial charge >= 0.3 is 6.09 Å². The van der Waals surface area contributed by atoms with Gasteiger partial charge in [-0.2, -0.15) is 0 Å². The van der Waals surface area contributed by atoms with Gasteiger partial charge in [-0.1, -0.05) is 30.3 Å². The molecule has 0 saturated heterocycles. The fourth-order valence-corrected chi connectivity index (χ4v) is 1.56. The molecular formula is C14H13N3O2. The van der Waals surface area contributed by atoms with Crippen LogP contribution in [0.25, 0.3) is 0 Å². The Kier molecular flexibility index (Phi) is 3.78. The summed E-state index contributed by atoms with van der Waals surface area (Å²) in [4.78, 5) is 11.7. The largest absolute Gasteiger partial charge is 0.417 e. The van der Waals surface area contributed by atoms with Gasteiger partial charge in [0.1, 0.15) is 11.6 Å². The van der Waals surface area contributed by atoms with E-state index in [1.54, 1.807) is 48.5 Å². The number of hydrogen-bond acceptors (Lipinski definition) is 3. The minimum atomic E-state index is -0.625. The molecule has 0 fully saturated rings. The third-order valence-electron chi connectivity index (χ3n) is 2.41. The minimum absolute atomic E-state index is 0.115. The van der Waals surface area contributed by atoms with Crippen LogP contribution in [0.1, 0.15) is 5.56 Å². The lowest BCUT2D eigenvalue weighted by atomic mass is 10.1. The molecule has 2 aromatic rings. The van der Waals surface area contributed by atoms with E-state index in [0.29, 0.717) is 17.0 Å². The Morgan fingerprint density at radius 3 is 2.37 bits per heavy atom. The monoisotopic (exact) mass is 255 g/mol. The number of nitrogens with one attached hydrogen (secondary N) is 2. The van der Waals surface area contributed by atoms with Crippen LogP contribution in [0.3, 0.4) is 0 Å². The molecule has 5 heteroatoms. The minimum Gasteiger partial charge on any atom is -0.410 e. The predicted octanol–water partition coefficient (Wildman–Crippen LogP) is 2.58. The Labute approximate surface area is 110 Å². The Morgan fingerprint density at radius 2 is 1.68 bits per heavy atom. The lowest BCUT2D eigenvalue weighted by molar-refractivity contribution is 0.215. The smallest absolute Gasteiger partial charge is 0.410 e. The number of nitrogen functional groups attached to an aromatic ring is 1. The summed E-state index contributed by atoms with van der Waals surface area (Å²) >= 11 is 0. The summed E-state index contributed by atoms with van der Waals surface area (Å²) in [5, 5.41) is 9.99. The van der Waals surface area contributed by atoms with Crippen LogP contribution in [-0.2, 0) is 0 Å². The number of amidine groups is 1. The first-order valence-electron chi connectivity index (χ1n) is 5.64. The number of carbonyl (C=O) groups is 1. The Morgan fingerprint density at radius 1 is 1.05 bits per heavy atom. The summed E-state index contributed by atoms with van der Waals surface area (Å²) in [6.45, 7) is 0. The van der Waals surface area contributed by atoms with Crippen LogP contribution in [0.5, 0.6) is 5.75 Å². The van der Waals surface area contributed by atoms with E-state index in [0.717, 1.165) is 0 Å². The molecule has 5 nitrogen and oxygen atoms in total. The predicted molar refractivity (Wildman–Crippen MR) is 73.5 cm³/mol. The highest BCUT2D eigenvalue weighted by Gasteiger charge is 2.09. The molecular weight excluding hydrogens is 242 g/mol. The van der Waals surface area contributed by atoms with Crippen LogP contribution in [0.15, 0.2) is 54.6 Å². The van der Waals surface area contributed by atoms with Crippen molar-refractivity contribution in [2.45, 2.75) is 0 Å². The van der Waals surface area contributed by atoms with Crippen molar-refractivity contribution in [1.29, 1.82) is 5.41 Å². The molecule has 0 aliphatic heterocycles. The highest BCUT2D eigenvalue weighted by molar-refractivity contribution is 6.03. The molecule has 0 spiro atoms. The van der Waals surface area contributed by atoms with Crippen molar-refractivity contribution < 1.29 is 9.53 Å². The topological polar surface area (TPSA) is 88.2 Å². The van der Waals surface area contributed by atoms with Crippen molar-refractivity contribution in [2.24, 2.45) is 5.73 Å². The zero-order chi connectivity index (χ0) is 13.7. The molecule has 0 saturated carbocycles. The summed E-state index contributed by atoms with van der Waals surface area (Å²) < 4.78 is 5.09. The molecule has 1 amide bonds. The van der Waals surface area contributed by atoms with Crippen molar-refractivity contribution in [2.75, 3.05) is 5.32 Å². The summed E-state index contributed by atoms with van der Waals surface area (Å²) in [5.41, 5.74) is 6.33. The van der Waals surface area contributed by atoms with Crippen LogP contribution in [0.2, 0.25) is 0 Å². The van der Waals surface area contributed by atoms with Crippen molar-refractivity contribution >= 4 is 17.6 Å². The zero-order valence-corrected chi connectivity index (χ0v) is 10.1. The van der Waals surface area contributed by atoms with E-state index in [1.165, 1.54) is 0 Å². The maximum absolute atomic E-state index is 11.7. The number of rotatable bonds is 3. The first-order chi connectivity index (χ1) is 9.16. The number of amides is 1. The zero-order valence-electron chi connectivity index (χ0n) is 10.1. The number of para-hydroxylation sites is 2. The summed E-state index contributed by atoms with van der Waals surface area (Å²) in [6, 6.07) is 15.5. The van der Waals surface area contributed by atoms with E-state index >= 15 is 0 Å². The quantitative estimate of drug-likeness (QED) is 0.581. The second-order valence-corrected chi connectivity index (χ2v) is 3.79. The molecule has 19 heavy (non-hydrogen) atoms. The highest BCUT2D eigenvalue weighted by Crippen LogP contribution is 2.15. The maximum Gasteiger partial charge on any atom is 0.417 e. The van der Waals surface area contributed by atoms with Crippen molar-refractivity contribution in [3.8, 4) is 5.75 Å². The van der Waals surface area contributed by atoms with Gasteiger partial charge in [-0.25, -0.2) is 4.79 Å². The molecule has 2 aromatic carbocycles. The normalized spacial score (nSPS) is 9.68. The third kappa shape index (κ3) is 3.32. The summed E-state index contributed by atoms with van der Waals surface area (Å²) in [5.74, 6) is 0.330. The highest BCUT2D eigenvalue weighted by atomic mass is 16.6. The number of benzene rings is 2. The van der Waals surface area contributed by atoms with E-state index in [9.17, 15) is 4.79 Å². The van der Waals surface area contributed by atoms with Gasteiger partial charge in [0.25, 0.3) is 0 Å². The van der Waals surface area contributed by atoms with Gasteiger partial charge < -0.3 is 10.5 Å². The maximum atomic E-state index is 11.7. The fourth-order valence-electron chi connectivity index (χ4n) is 1.56. The molecule has 0 bridgehead atoms. The fraction of sp³-hybridized carbons (Fsp3) is 0. The van der Waals surface area contributed by atoms with Crippen molar-refractivity contribution in [3.63, 3.8) is 0 Å². The van der Waals surface area contributed by atoms with Crippen LogP contribution in [0.4, 0.5) is 10.5 Å². The molecule has 0 aliphatic rings. The summed E-state index contributed by atoms with van der Waals surface area (Å²) in [6.07, 6.45) is -0.625. The van der Waals surface area contributed by atoms with Gasteiger partial charge in [0.2, 0.25) is 0 Å². The number of nitrogens with two attached hydrogens (primary N) is 1. The van der Waals surface area contributed by atoms with Crippen LogP contribution >= 0.6 is 0 Å². The number of anilines is 1. The molecule has 0 unspecified atom stereocenters. The lowest BCUT2D eigenvalue weighted by Crippen LogP contribution is -2.20. The Balaban J connectivity index is 2.09. The van der Waals surface area contributed by atoms with Gasteiger partial charge in [0.15, 0.2) is 0 Å². The van der Waals surface area contributed by atoms with Gasteiger partial charge in [-0.05, 0) is 24.3 Å². The third-order valence-corrected chi connectivity index (χ3v) is 2.41. The average Bonchev–Trinajstić information content (AvgIpc) is 2.40. The van der Waals surface area contributed by atoms with E-state index in [1.807, 2.05) is 6.07 Å². The van der Waals surface area contributed by atoms with E-state index < -0.39 is 6.09 Å². The molecule has 0 aliphatic carbocycles. The second kappa shape index (κ2) is 5.68. The lowest BCUT2D eigenvalue weighted by Gasteiger charge is -2.10. The van der Waals surface area contributed by atoms with Gasteiger partial charge in [0.05, 0.1) is 5.69 Å². The van der Waals surface area contributed by atoms with Gasteiger partial charge in [-0.3, -0.25) is 10.7 Å². The van der Waals surface area contributed by atoms with Gasteiger partial charge in [0, 0.05) is 5.56 Å². The molecule has 4 N–H and O–H groups in total. The Hall–Kier alpha value is -2.82. The van der Waals surface area contributed by atoms with Crippen LogP contribution < -0.4 is 15.8 Å². The van der Waals surface area contributed by atoms with Gasteiger partial charge in [-0.15, -0.1) is 0 Å². The average molecular weight is 255 g/mol. The molecule has 96 valence electrons. The van der Waals surface area contributed by atoms with E-state index in [2.05, 4.69) is 5.32 Å². The molecule has 0 aromatic heterocycles. The molecule has 2 rings (SSSR count). The van der Waals surface area contributed by atoms with E-state index in [-0.39, 0.29) is 5.84 Å². The summed E-state index contributed by atoms with van der Waals surface area (Å²) in [7, 11) is 0. The van der Waals surface area contributed by atoms with Crippen LogP contribution in [-0.4, -0.2) is 11.9 Å². The molecule has 0 atom stereocenters. The second-order valence-electron chi connectivity index (χ2n) is 3.79. The van der Waals surface area contributed by atoms with Crippen LogP contribution in [0, 0.1) is 5.41 Å². The van der Waals surface area contributed by atoms with Crippen molar-refractivity contribution in [1.82, 2.24) is 0 Å². The number of hydrogen-bond donors (Lipinski definition) is 3. The molecule has 0 radical (unpaired) electrons. The number of carbonyl (C=O) groups excluding carboxylic acids is 1. The Bertz CT molecular complexity index is 597. The first kappa shape index (κ1) is 12.6. The standard InChI is InChI=1S/C14H13N3O2/c15-13(16)11-8-4-5-9-12(11)17-14(18)19-10-6-2-1-3-7-10/h1-9H,(H3,15,16)(H,17,18). The number of ether oxygens (including phenoxy) is 1.